The first-order chi connectivity index (χ1) is 15.4. The van der Waals surface area contributed by atoms with Gasteiger partial charge in [0.1, 0.15) is 18.9 Å². The molecule has 2 aliphatic rings. The molecular formula is C23H20I2N2O4S. The highest BCUT2D eigenvalue weighted by Gasteiger charge is 2.37. The zero-order chi connectivity index (χ0) is 22.7. The van der Waals surface area contributed by atoms with Crippen molar-refractivity contribution in [2.24, 2.45) is 0 Å². The van der Waals surface area contributed by atoms with E-state index in [1.165, 1.54) is 0 Å². The van der Waals surface area contributed by atoms with E-state index in [9.17, 15) is 14.4 Å². The lowest BCUT2D eigenvalue weighted by molar-refractivity contribution is -0.135. The van der Waals surface area contributed by atoms with Crippen LogP contribution in [-0.2, 0) is 16.2 Å². The van der Waals surface area contributed by atoms with Crippen molar-refractivity contribution in [3.63, 3.8) is 0 Å². The number of carbonyl (C=O) groups excluding carboxylic acids is 3. The van der Waals surface area contributed by atoms with Crippen molar-refractivity contribution in [1.29, 1.82) is 0 Å². The van der Waals surface area contributed by atoms with Gasteiger partial charge in [0.25, 0.3) is 11.1 Å². The number of halogens is 2. The van der Waals surface area contributed by atoms with Gasteiger partial charge in [-0.25, -0.2) is 0 Å². The Labute approximate surface area is 218 Å². The van der Waals surface area contributed by atoms with Crippen LogP contribution in [0.25, 0.3) is 6.08 Å². The van der Waals surface area contributed by atoms with Gasteiger partial charge in [-0.1, -0.05) is 30.3 Å². The molecule has 0 unspecified atom stereocenters. The van der Waals surface area contributed by atoms with Gasteiger partial charge in [0.2, 0.25) is 5.91 Å². The van der Waals surface area contributed by atoms with Crippen molar-refractivity contribution in [3.8, 4) is 5.75 Å². The van der Waals surface area contributed by atoms with E-state index in [0.717, 1.165) is 47.8 Å². The Bertz CT molecular complexity index is 1080. The molecule has 32 heavy (non-hydrogen) atoms. The molecule has 2 saturated heterocycles. The van der Waals surface area contributed by atoms with Crippen molar-refractivity contribution in [2.75, 3.05) is 19.6 Å². The Hall–Kier alpha value is -1.60. The lowest BCUT2D eigenvalue weighted by atomic mass is 10.1. The number of hydrogen-bond donors (Lipinski definition) is 0. The van der Waals surface area contributed by atoms with Crippen LogP contribution in [0.15, 0.2) is 47.4 Å². The summed E-state index contributed by atoms with van der Waals surface area (Å²) >= 11 is 5.29. The predicted octanol–water partition coefficient (Wildman–Crippen LogP) is 5.13. The molecule has 0 radical (unpaired) electrons. The Balaban J connectivity index is 1.55. The lowest BCUT2D eigenvalue weighted by Gasteiger charge is -2.18. The zero-order valence-corrected chi connectivity index (χ0v) is 22.2. The van der Waals surface area contributed by atoms with Gasteiger partial charge in [0.15, 0.2) is 0 Å². The largest absolute Gasteiger partial charge is 0.487 e. The van der Waals surface area contributed by atoms with Crippen LogP contribution in [-0.4, -0.2) is 46.5 Å². The highest BCUT2D eigenvalue weighted by molar-refractivity contribution is 14.1. The quantitative estimate of drug-likeness (QED) is 0.314. The fourth-order valence-electron chi connectivity index (χ4n) is 3.55. The fraction of sp³-hybridized carbons (Fsp3) is 0.261. The smallest absolute Gasteiger partial charge is 0.294 e. The van der Waals surface area contributed by atoms with Crippen molar-refractivity contribution in [2.45, 2.75) is 19.4 Å². The molecule has 0 spiro atoms. The first kappa shape index (κ1) is 23.6. The van der Waals surface area contributed by atoms with E-state index in [0.29, 0.717) is 30.4 Å². The molecule has 0 aromatic heterocycles. The van der Waals surface area contributed by atoms with Gasteiger partial charge in [0, 0.05) is 22.2 Å². The number of benzene rings is 2. The number of ether oxygens (including phenoxy) is 1. The third kappa shape index (κ3) is 5.48. The number of rotatable bonds is 6. The molecule has 2 heterocycles. The number of carbonyl (C=O) groups is 3. The SMILES string of the molecule is O=C(CN1C(=O)S/C(=C\c2cc(I)cc(I)c2OCc2ccccc2)C1=O)N1CCCC1. The third-order valence-electron chi connectivity index (χ3n) is 5.18. The van der Waals surface area contributed by atoms with Crippen LogP contribution in [0.1, 0.15) is 24.0 Å². The molecule has 0 bridgehead atoms. The maximum atomic E-state index is 12.9. The first-order valence-electron chi connectivity index (χ1n) is 10.1. The van der Waals surface area contributed by atoms with Crippen LogP contribution >= 0.6 is 56.9 Å². The molecule has 6 nitrogen and oxygen atoms in total. The summed E-state index contributed by atoms with van der Waals surface area (Å²) in [5, 5.41) is -0.416. The molecule has 4 rings (SSSR count). The number of imide groups is 1. The summed E-state index contributed by atoms with van der Waals surface area (Å²) in [5.41, 5.74) is 1.77. The molecule has 2 aromatic rings. The number of nitrogens with zero attached hydrogens (tertiary/aromatic N) is 2. The van der Waals surface area contributed by atoms with Gasteiger partial charge in [-0.15, -0.1) is 0 Å². The van der Waals surface area contributed by atoms with Crippen LogP contribution in [0.4, 0.5) is 4.79 Å². The first-order valence-corrected chi connectivity index (χ1v) is 13.1. The maximum Gasteiger partial charge on any atom is 0.294 e. The Morgan fingerprint density at radius 3 is 2.53 bits per heavy atom. The van der Waals surface area contributed by atoms with E-state index < -0.39 is 11.1 Å². The number of hydrogen-bond acceptors (Lipinski definition) is 5. The van der Waals surface area contributed by atoms with Gasteiger partial charge in [-0.2, -0.15) is 0 Å². The molecule has 2 aromatic carbocycles. The van der Waals surface area contributed by atoms with E-state index in [1.807, 2.05) is 42.5 Å². The highest BCUT2D eigenvalue weighted by Crippen LogP contribution is 2.36. The van der Waals surface area contributed by atoms with Crippen molar-refractivity contribution in [1.82, 2.24) is 9.80 Å². The van der Waals surface area contributed by atoms with Crippen LogP contribution in [0.2, 0.25) is 0 Å². The Morgan fingerprint density at radius 2 is 1.81 bits per heavy atom. The van der Waals surface area contributed by atoms with Gasteiger partial charge < -0.3 is 9.64 Å². The van der Waals surface area contributed by atoms with E-state index in [-0.39, 0.29) is 12.5 Å². The molecular weight excluding hydrogens is 654 g/mol. The molecule has 0 aliphatic carbocycles. The minimum absolute atomic E-state index is 0.179. The van der Waals surface area contributed by atoms with Crippen LogP contribution < -0.4 is 4.74 Å². The van der Waals surface area contributed by atoms with Gasteiger partial charge >= 0.3 is 0 Å². The molecule has 2 aliphatic heterocycles. The van der Waals surface area contributed by atoms with Crippen LogP contribution in [0.3, 0.4) is 0 Å². The van der Waals surface area contributed by atoms with E-state index in [2.05, 4.69) is 45.2 Å². The Kier molecular flexibility index (Phi) is 7.77. The predicted molar refractivity (Wildman–Crippen MR) is 141 cm³/mol. The van der Waals surface area contributed by atoms with Gasteiger partial charge in [0.05, 0.1) is 8.48 Å². The average Bonchev–Trinajstić information content (AvgIpc) is 3.39. The van der Waals surface area contributed by atoms with Gasteiger partial charge in [-0.3, -0.25) is 19.3 Å². The second kappa shape index (κ2) is 10.6. The van der Waals surface area contributed by atoms with E-state index in [4.69, 9.17) is 4.74 Å². The average molecular weight is 674 g/mol. The summed E-state index contributed by atoms with van der Waals surface area (Å²) in [4.78, 5) is 40.9. The summed E-state index contributed by atoms with van der Waals surface area (Å²) in [6, 6.07) is 13.8. The minimum atomic E-state index is -0.435. The standard InChI is InChI=1S/C23H20I2N2O4S/c24-17-10-16(21(18(25)12-17)31-14-15-6-2-1-3-7-15)11-19-22(29)27(23(30)32-19)13-20(28)26-8-4-5-9-26/h1-3,6-7,10-12H,4-5,8-9,13-14H2/b19-11-. The zero-order valence-electron chi connectivity index (χ0n) is 17.1. The number of likely N-dealkylation sites (tertiary alicyclic amines) is 1. The molecule has 0 atom stereocenters. The van der Waals surface area contributed by atoms with Crippen molar-refractivity contribution in [3.05, 3.63) is 65.6 Å². The topological polar surface area (TPSA) is 66.9 Å². The summed E-state index contributed by atoms with van der Waals surface area (Å²) in [6.45, 7) is 1.56. The number of amides is 3. The minimum Gasteiger partial charge on any atom is -0.487 e. The maximum absolute atomic E-state index is 12.9. The molecule has 3 amide bonds. The van der Waals surface area contributed by atoms with E-state index in [1.54, 1.807) is 11.0 Å². The second-order valence-corrected chi connectivity index (χ2v) is 10.8. The highest BCUT2D eigenvalue weighted by atomic mass is 127. The fourth-order valence-corrected chi connectivity index (χ4v) is 6.42. The molecule has 0 saturated carbocycles. The van der Waals surface area contributed by atoms with Crippen molar-refractivity contribution >= 4 is 80.1 Å². The molecule has 166 valence electrons. The Morgan fingerprint density at radius 1 is 1.09 bits per heavy atom. The number of thioether (sulfide) groups is 1. The van der Waals surface area contributed by atoms with E-state index >= 15 is 0 Å². The summed E-state index contributed by atoms with van der Waals surface area (Å²) in [6.07, 6.45) is 3.62. The summed E-state index contributed by atoms with van der Waals surface area (Å²) < 4.78 is 8.02. The van der Waals surface area contributed by atoms with Crippen LogP contribution in [0, 0.1) is 7.14 Å². The normalized spacial score (nSPS) is 17.5. The second-order valence-electron chi connectivity index (χ2n) is 7.44. The van der Waals surface area contributed by atoms with Crippen molar-refractivity contribution < 1.29 is 19.1 Å². The van der Waals surface area contributed by atoms with Crippen LogP contribution in [0.5, 0.6) is 5.75 Å². The lowest BCUT2D eigenvalue weighted by Crippen LogP contribution is -2.40. The summed E-state index contributed by atoms with van der Waals surface area (Å²) in [7, 11) is 0. The molecule has 9 heteroatoms. The third-order valence-corrected chi connectivity index (χ3v) is 7.51. The monoisotopic (exact) mass is 674 g/mol. The van der Waals surface area contributed by atoms with Gasteiger partial charge in [-0.05, 0) is 93.6 Å². The molecule has 0 N–H and O–H groups in total. The molecule has 2 fully saturated rings. The summed E-state index contributed by atoms with van der Waals surface area (Å²) in [5.74, 6) is 0.0481.